The smallest absolute Gasteiger partial charge is 0.180 e. The van der Waals surface area contributed by atoms with E-state index in [1.807, 2.05) is 36.4 Å². The third-order valence-corrected chi connectivity index (χ3v) is 4.32. The van der Waals surface area contributed by atoms with E-state index in [1.165, 1.54) is 17.3 Å². The lowest BCUT2D eigenvalue weighted by atomic mass is 10.2. The quantitative estimate of drug-likeness (QED) is 0.474. The first-order chi connectivity index (χ1) is 10.1. The van der Waals surface area contributed by atoms with E-state index in [2.05, 4.69) is 26.1 Å². The van der Waals surface area contributed by atoms with Crippen LogP contribution < -0.4 is 5.73 Å². The fourth-order valence-electron chi connectivity index (χ4n) is 1.51. The third-order valence-electron chi connectivity index (χ3n) is 2.55. The van der Waals surface area contributed by atoms with Gasteiger partial charge in [-0.15, -0.1) is 5.10 Å². The Bertz CT molecular complexity index is 659. The number of benzene rings is 2. The van der Waals surface area contributed by atoms with Gasteiger partial charge in [0.05, 0.1) is 6.21 Å². The summed E-state index contributed by atoms with van der Waals surface area (Å²) in [5, 5.41) is 9.06. The molecular weight excluding hydrogens is 370 g/mol. The van der Waals surface area contributed by atoms with E-state index in [9.17, 15) is 0 Å². The van der Waals surface area contributed by atoms with Gasteiger partial charge in [-0.05, 0) is 17.7 Å². The molecule has 0 radical (unpaired) electrons. The van der Waals surface area contributed by atoms with Crippen molar-refractivity contribution in [3.05, 3.63) is 69.2 Å². The van der Waals surface area contributed by atoms with Crippen LogP contribution in [0, 0.1) is 0 Å². The molecule has 0 heterocycles. The fourth-order valence-corrected chi connectivity index (χ4v) is 2.91. The van der Waals surface area contributed by atoms with Crippen LogP contribution >= 0.6 is 39.3 Å². The van der Waals surface area contributed by atoms with Gasteiger partial charge in [0.2, 0.25) is 0 Å². The Morgan fingerprint density at radius 2 is 2.00 bits per heavy atom. The maximum absolute atomic E-state index is 5.88. The Morgan fingerprint density at radius 1 is 1.24 bits per heavy atom. The summed E-state index contributed by atoms with van der Waals surface area (Å²) in [4.78, 5) is 0. The summed E-state index contributed by atoms with van der Waals surface area (Å²) in [5.41, 5.74) is 7.91. The molecule has 3 nitrogen and oxygen atoms in total. The first-order valence-corrected chi connectivity index (χ1v) is 8.29. The number of hydrogen-bond donors (Lipinski definition) is 1. The van der Waals surface area contributed by atoms with Crippen molar-refractivity contribution in [1.29, 1.82) is 0 Å². The van der Waals surface area contributed by atoms with Crippen molar-refractivity contribution in [3.63, 3.8) is 0 Å². The number of thioether (sulfide) groups is 1. The minimum Gasteiger partial charge on any atom is -0.377 e. The predicted molar refractivity (Wildman–Crippen MR) is 96.1 cm³/mol. The molecule has 0 aliphatic heterocycles. The summed E-state index contributed by atoms with van der Waals surface area (Å²) in [6.45, 7) is 0. The van der Waals surface area contributed by atoms with Gasteiger partial charge in [0.25, 0.3) is 0 Å². The Kier molecular flexibility index (Phi) is 6.29. The average Bonchev–Trinajstić information content (AvgIpc) is 2.48. The highest BCUT2D eigenvalue weighted by Gasteiger charge is 1.98. The molecule has 2 rings (SSSR count). The first-order valence-electron chi connectivity index (χ1n) is 6.13. The second-order valence-corrected chi connectivity index (χ2v) is 6.41. The number of rotatable bonds is 4. The summed E-state index contributed by atoms with van der Waals surface area (Å²) < 4.78 is 0.865. The summed E-state index contributed by atoms with van der Waals surface area (Å²) in [6.07, 6.45) is 1.64. The molecule has 2 aromatic rings. The van der Waals surface area contributed by atoms with E-state index in [4.69, 9.17) is 17.3 Å². The number of amidine groups is 1. The molecule has 2 aromatic carbocycles. The lowest BCUT2D eigenvalue weighted by Crippen LogP contribution is -2.06. The zero-order chi connectivity index (χ0) is 15.1. The Morgan fingerprint density at radius 3 is 2.71 bits per heavy atom. The molecule has 0 aromatic heterocycles. The van der Waals surface area contributed by atoms with E-state index < -0.39 is 0 Å². The van der Waals surface area contributed by atoms with Crippen LogP contribution in [-0.2, 0) is 5.75 Å². The Balaban J connectivity index is 1.92. The molecule has 108 valence electrons. The van der Waals surface area contributed by atoms with E-state index in [0.717, 1.165) is 15.8 Å². The number of hydrogen-bond acceptors (Lipinski definition) is 3. The van der Waals surface area contributed by atoms with Gasteiger partial charge in [-0.2, -0.15) is 5.10 Å². The van der Waals surface area contributed by atoms with Crippen molar-refractivity contribution < 1.29 is 0 Å². The van der Waals surface area contributed by atoms with Crippen LogP contribution in [0.2, 0.25) is 5.02 Å². The van der Waals surface area contributed by atoms with Crippen LogP contribution in [0.15, 0.2) is 63.2 Å². The molecule has 6 heteroatoms. The average molecular weight is 383 g/mol. The topological polar surface area (TPSA) is 50.7 Å². The van der Waals surface area contributed by atoms with E-state index in [0.29, 0.717) is 10.2 Å². The molecule has 0 atom stereocenters. The standard InChI is InChI=1S/C15H13BrClN3S/c16-14-8-13(17)7-6-12(14)9-19-20-15(18)21-10-11-4-2-1-3-5-11/h1-9H,10H2,(H2,18,20). The maximum Gasteiger partial charge on any atom is 0.180 e. The van der Waals surface area contributed by atoms with Gasteiger partial charge in [-0.3, -0.25) is 0 Å². The first kappa shape index (κ1) is 16.1. The largest absolute Gasteiger partial charge is 0.377 e. The summed E-state index contributed by atoms with van der Waals surface area (Å²) >= 11 is 10.7. The molecule has 0 saturated carbocycles. The number of nitrogens with two attached hydrogens (primary N) is 1. The van der Waals surface area contributed by atoms with Crippen molar-refractivity contribution in [2.24, 2.45) is 15.9 Å². The summed E-state index contributed by atoms with van der Waals surface area (Å²) in [5.74, 6) is 0.774. The SMILES string of the molecule is NC(=NN=Cc1ccc(Cl)cc1Br)SCc1ccccc1. The Labute approximate surface area is 141 Å². The fraction of sp³-hybridized carbons (Fsp3) is 0.0667. The van der Waals surface area contributed by atoms with Crippen LogP contribution in [-0.4, -0.2) is 11.4 Å². The van der Waals surface area contributed by atoms with Crippen molar-refractivity contribution in [2.75, 3.05) is 0 Å². The summed E-state index contributed by atoms with van der Waals surface area (Å²) in [6, 6.07) is 15.5. The molecule has 0 amide bonds. The van der Waals surface area contributed by atoms with Gasteiger partial charge < -0.3 is 5.73 Å². The second-order valence-electron chi connectivity index (χ2n) is 4.12. The van der Waals surface area contributed by atoms with Gasteiger partial charge in [0, 0.05) is 20.8 Å². The van der Waals surface area contributed by atoms with Crippen molar-refractivity contribution in [3.8, 4) is 0 Å². The lowest BCUT2D eigenvalue weighted by molar-refractivity contribution is 1.25. The van der Waals surface area contributed by atoms with Gasteiger partial charge in [0.15, 0.2) is 5.17 Å². The molecule has 21 heavy (non-hydrogen) atoms. The number of nitrogens with zero attached hydrogens (tertiary/aromatic N) is 2. The third kappa shape index (κ3) is 5.53. The minimum atomic E-state index is 0.431. The molecule has 2 N–H and O–H groups in total. The molecular formula is C15H13BrClN3S. The maximum atomic E-state index is 5.88. The molecule has 0 aliphatic carbocycles. The zero-order valence-electron chi connectivity index (χ0n) is 11.0. The van der Waals surface area contributed by atoms with Gasteiger partial charge in [-0.25, -0.2) is 0 Å². The van der Waals surface area contributed by atoms with Crippen LogP contribution in [0.1, 0.15) is 11.1 Å². The highest BCUT2D eigenvalue weighted by atomic mass is 79.9. The van der Waals surface area contributed by atoms with Crippen LogP contribution in [0.3, 0.4) is 0 Å². The molecule has 0 saturated heterocycles. The van der Waals surface area contributed by atoms with Crippen LogP contribution in [0.5, 0.6) is 0 Å². The van der Waals surface area contributed by atoms with Gasteiger partial charge >= 0.3 is 0 Å². The Hall–Kier alpha value is -1.30. The van der Waals surface area contributed by atoms with Crippen molar-refractivity contribution in [2.45, 2.75) is 5.75 Å². The molecule has 0 spiro atoms. The van der Waals surface area contributed by atoms with E-state index in [1.54, 1.807) is 18.3 Å². The normalized spacial score (nSPS) is 12.0. The van der Waals surface area contributed by atoms with Gasteiger partial charge in [0.1, 0.15) is 0 Å². The van der Waals surface area contributed by atoms with Crippen LogP contribution in [0.25, 0.3) is 0 Å². The number of halogens is 2. The van der Waals surface area contributed by atoms with Crippen LogP contribution in [0.4, 0.5) is 0 Å². The highest BCUT2D eigenvalue weighted by molar-refractivity contribution is 9.10. The molecule has 0 fully saturated rings. The van der Waals surface area contributed by atoms with Crippen molar-refractivity contribution >= 4 is 50.7 Å². The highest BCUT2D eigenvalue weighted by Crippen LogP contribution is 2.20. The molecule has 0 unspecified atom stereocenters. The van der Waals surface area contributed by atoms with E-state index in [-0.39, 0.29) is 0 Å². The molecule has 0 bridgehead atoms. The lowest BCUT2D eigenvalue weighted by Gasteiger charge is -1.99. The molecule has 0 aliphatic rings. The minimum absolute atomic E-state index is 0.431. The van der Waals surface area contributed by atoms with Crippen molar-refractivity contribution in [1.82, 2.24) is 0 Å². The second kappa shape index (κ2) is 8.22. The predicted octanol–water partition coefficient (Wildman–Crippen LogP) is 4.68. The zero-order valence-corrected chi connectivity index (χ0v) is 14.2. The van der Waals surface area contributed by atoms with Gasteiger partial charge in [-0.1, -0.05) is 75.7 Å². The van der Waals surface area contributed by atoms with E-state index >= 15 is 0 Å². The summed E-state index contributed by atoms with van der Waals surface area (Å²) in [7, 11) is 0. The monoisotopic (exact) mass is 381 g/mol.